The monoisotopic (exact) mass is 349 g/mol. The third-order valence-electron chi connectivity index (χ3n) is 3.17. The highest BCUT2D eigenvalue weighted by atomic mass is 32.1. The summed E-state index contributed by atoms with van der Waals surface area (Å²) in [5, 5.41) is 19.7. The van der Waals surface area contributed by atoms with Gasteiger partial charge in [0.2, 0.25) is 0 Å². The molecule has 1 aromatic carbocycles. The Kier molecular flexibility index (Phi) is 3.92. The van der Waals surface area contributed by atoms with Gasteiger partial charge in [-0.3, -0.25) is 0 Å². The lowest BCUT2D eigenvalue weighted by molar-refractivity contribution is 0.104. The molecule has 0 fully saturated rings. The van der Waals surface area contributed by atoms with Crippen molar-refractivity contribution >= 4 is 20.6 Å². The van der Waals surface area contributed by atoms with Crippen molar-refractivity contribution in [3.8, 4) is 28.0 Å². The summed E-state index contributed by atoms with van der Waals surface area (Å²) in [6.07, 6.45) is 0. The van der Waals surface area contributed by atoms with Gasteiger partial charge >= 0.3 is 0 Å². The Hall–Kier alpha value is -2.23. The molecule has 9 heteroatoms. The normalized spacial score (nSPS) is 11.4. The van der Waals surface area contributed by atoms with Gasteiger partial charge in [0.25, 0.3) is 5.66 Å². The van der Waals surface area contributed by atoms with Crippen LogP contribution in [0.3, 0.4) is 0 Å². The predicted molar refractivity (Wildman–Crippen MR) is 86.0 cm³/mol. The quantitative estimate of drug-likeness (QED) is 0.732. The number of aromatic amines is 1. The van der Waals surface area contributed by atoms with Crippen molar-refractivity contribution in [1.82, 2.24) is 20.4 Å². The summed E-state index contributed by atoms with van der Waals surface area (Å²) in [5.74, 6) is 0. The predicted octanol–water partition coefficient (Wildman–Crippen LogP) is 3.70. The van der Waals surface area contributed by atoms with Crippen molar-refractivity contribution < 1.29 is 8.78 Å². The fourth-order valence-electron chi connectivity index (χ4n) is 2.07. The maximum absolute atomic E-state index is 13.4. The van der Waals surface area contributed by atoms with E-state index < -0.39 is 5.66 Å². The lowest BCUT2D eigenvalue weighted by Gasteiger charge is -2.10. The molecular formula is C14H10F2N5PS. The molecule has 0 saturated carbocycles. The summed E-state index contributed by atoms with van der Waals surface area (Å²) < 4.78 is 26.9. The molecule has 3 rings (SSSR count). The van der Waals surface area contributed by atoms with E-state index in [0.717, 1.165) is 4.88 Å². The summed E-state index contributed by atoms with van der Waals surface area (Å²) in [6.45, 7) is 1.83. The first-order chi connectivity index (χ1) is 10.9. The zero-order chi connectivity index (χ0) is 16.6. The Bertz CT molecular complexity index is 907. The van der Waals surface area contributed by atoms with Crippen LogP contribution in [0.4, 0.5) is 8.78 Å². The average molecular weight is 349 g/mol. The van der Waals surface area contributed by atoms with Crippen LogP contribution in [-0.2, 0) is 5.66 Å². The van der Waals surface area contributed by atoms with Crippen LogP contribution in [0.5, 0.6) is 0 Å². The van der Waals surface area contributed by atoms with Gasteiger partial charge < -0.3 is 0 Å². The van der Waals surface area contributed by atoms with Gasteiger partial charge in [0.05, 0.1) is 0 Å². The zero-order valence-corrected chi connectivity index (χ0v) is 13.8. The van der Waals surface area contributed by atoms with Crippen LogP contribution < -0.4 is 0 Å². The summed E-state index contributed by atoms with van der Waals surface area (Å²) in [7, 11) is 1.52. The minimum atomic E-state index is -2.99. The van der Waals surface area contributed by atoms with E-state index in [4.69, 9.17) is 5.26 Å². The number of halogens is 2. The Labute approximate surface area is 136 Å². The van der Waals surface area contributed by atoms with Gasteiger partial charge in [-0.2, -0.15) is 24.4 Å². The van der Waals surface area contributed by atoms with E-state index in [9.17, 15) is 8.78 Å². The van der Waals surface area contributed by atoms with Gasteiger partial charge in [-0.1, -0.05) is 27.4 Å². The molecule has 23 heavy (non-hydrogen) atoms. The molecule has 1 N–H and O–H groups in total. The molecule has 2 aromatic heterocycles. The second-order valence-electron chi connectivity index (χ2n) is 4.76. The molecule has 0 radical (unpaired) electrons. The number of nitriles is 1. The number of nitrogens with one attached hydrogen (secondary N) is 1. The minimum absolute atomic E-state index is 0.103. The van der Waals surface area contributed by atoms with Gasteiger partial charge in [0.15, 0.2) is 11.4 Å². The maximum Gasteiger partial charge on any atom is 0.283 e. The van der Waals surface area contributed by atoms with Crippen LogP contribution >= 0.6 is 20.6 Å². The van der Waals surface area contributed by atoms with Gasteiger partial charge in [0, 0.05) is 16.0 Å². The van der Waals surface area contributed by atoms with Gasteiger partial charge in [-0.25, -0.2) is 4.98 Å². The second-order valence-corrected chi connectivity index (χ2v) is 6.69. The molecule has 0 bridgehead atoms. The Morgan fingerprint density at radius 3 is 2.78 bits per heavy atom. The number of rotatable bonds is 3. The Balaban J connectivity index is 2.07. The number of alkyl halides is 2. The molecule has 0 saturated heterocycles. The van der Waals surface area contributed by atoms with Crippen molar-refractivity contribution in [2.75, 3.05) is 0 Å². The fourth-order valence-corrected chi connectivity index (χ4v) is 3.16. The first-order valence-corrected chi connectivity index (χ1v) is 7.86. The molecule has 0 aliphatic carbocycles. The summed E-state index contributed by atoms with van der Waals surface area (Å²) in [6, 6.07) is 7.99. The van der Waals surface area contributed by atoms with Crippen LogP contribution in [0.15, 0.2) is 24.3 Å². The number of H-pyrrole nitrogens is 1. The number of hydrogen-bond donors (Lipinski definition) is 1. The van der Waals surface area contributed by atoms with E-state index in [0.29, 0.717) is 22.0 Å². The fraction of sp³-hybridized carbons (Fsp3) is 0.143. The molecule has 5 nitrogen and oxygen atoms in total. The highest BCUT2D eigenvalue weighted by Gasteiger charge is 2.25. The molecular weight excluding hydrogens is 339 g/mol. The van der Waals surface area contributed by atoms with E-state index in [1.165, 1.54) is 32.7 Å². The molecule has 2 heterocycles. The maximum atomic E-state index is 13.4. The highest BCUT2D eigenvalue weighted by molar-refractivity contribution is 7.17. The molecule has 1 unspecified atom stereocenters. The van der Waals surface area contributed by atoms with Crippen LogP contribution in [-0.4, -0.2) is 20.4 Å². The number of aromatic nitrogens is 4. The summed E-state index contributed by atoms with van der Waals surface area (Å²) >= 11 is 1.35. The zero-order valence-electron chi connectivity index (χ0n) is 11.8. The van der Waals surface area contributed by atoms with Gasteiger partial charge in [0.1, 0.15) is 16.8 Å². The highest BCUT2D eigenvalue weighted by Crippen LogP contribution is 2.38. The van der Waals surface area contributed by atoms with Gasteiger partial charge in [-0.05, 0) is 13.0 Å². The molecule has 0 aliphatic rings. The first kappa shape index (κ1) is 15.7. The first-order valence-electron chi connectivity index (χ1n) is 6.46. The van der Waals surface area contributed by atoms with E-state index in [1.54, 1.807) is 12.1 Å². The molecule has 3 aromatic rings. The van der Waals surface area contributed by atoms with E-state index in [-0.39, 0.29) is 11.3 Å². The number of aryl methyl sites for hydroxylation is 1. The van der Waals surface area contributed by atoms with Crippen molar-refractivity contribution in [1.29, 1.82) is 5.26 Å². The van der Waals surface area contributed by atoms with Crippen LogP contribution in [0.25, 0.3) is 22.0 Å². The smallest absolute Gasteiger partial charge is 0.234 e. The molecule has 116 valence electrons. The molecule has 1 atom stereocenters. The Morgan fingerprint density at radius 2 is 2.09 bits per heavy atom. The topological polar surface area (TPSA) is 78.2 Å². The molecule has 0 aliphatic heterocycles. The summed E-state index contributed by atoms with van der Waals surface area (Å²) in [5.41, 5.74) is -1.47. The van der Waals surface area contributed by atoms with Crippen molar-refractivity contribution in [3.05, 3.63) is 40.4 Å². The summed E-state index contributed by atoms with van der Waals surface area (Å²) in [4.78, 5) is 5.27. The van der Waals surface area contributed by atoms with Crippen molar-refractivity contribution in [3.63, 3.8) is 0 Å². The van der Waals surface area contributed by atoms with Crippen LogP contribution in [0, 0.1) is 18.3 Å². The standard InChI is InChI=1S/C14H10F2N5PS/c1-7-11(12-10(6-17)19-21-20-12)18-13(23-7)8-3-2-4-9(5-8)14(15,16)22/h2-5H,22H2,1H3,(H,19,20,21). The molecule has 0 spiro atoms. The van der Waals surface area contributed by atoms with E-state index in [1.807, 2.05) is 13.0 Å². The number of hydrogen-bond acceptors (Lipinski definition) is 5. The number of benzene rings is 1. The average Bonchev–Trinajstić information content (AvgIpc) is 3.12. The van der Waals surface area contributed by atoms with Gasteiger partial charge in [-0.15, -0.1) is 16.4 Å². The Morgan fingerprint density at radius 1 is 1.30 bits per heavy atom. The SMILES string of the molecule is Cc1sc(-c2cccc(C(F)(F)P)c2)nc1-c1n[nH]nc1C#N. The lowest BCUT2D eigenvalue weighted by atomic mass is 10.1. The minimum Gasteiger partial charge on any atom is -0.234 e. The van der Waals surface area contributed by atoms with Crippen LogP contribution in [0.1, 0.15) is 16.1 Å². The van der Waals surface area contributed by atoms with Crippen LogP contribution in [0.2, 0.25) is 0 Å². The van der Waals surface area contributed by atoms with Crippen molar-refractivity contribution in [2.45, 2.75) is 12.6 Å². The largest absolute Gasteiger partial charge is 0.283 e. The molecule has 0 amide bonds. The third kappa shape index (κ3) is 2.98. The second kappa shape index (κ2) is 5.76. The third-order valence-corrected chi connectivity index (χ3v) is 4.52. The lowest BCUT2D eigenvalue weighted by Crippen LogP contribution is -2.01. The number of nitrogens with zero attached hydrogens (tertiary/aromatic N) is 4. The van der Waals surface area contributed by atoms with E-state index >= 15 is 0 Å². The van der Waals surface area contributed by atoms with E-state index in [2.05, 4.69) is 20.4 Å². The number of thiazole rings is 1. The van der Waals surface area contributed by atoms with Crippen molar-refractivity contribution in [2.24, 2.45) is 0 Å².